The van der Waals surface area contributed by atoms with Crippen molar-refractivity contribution < 1.29 is 0 Å². The van der Waals surface area contributed by atoms with Crippen molar-refractivity contribution in [2.24, 2.45) is 0 Å². The summed E-state index contributed by atoms with van der Waals surface area (Å²) in [4.78, 5) is 5.55. The van der Waals surface area contributed by atoms with Crippen LogP contribution in [-0.4, -0.2) is 4.98 Å². The molecule has 0 saturated heterocycles. The van der Waals surface area contributed by atoms with E-state index in [0.29, 0.717) is 0 Å². The number of nitrogens with zero attached hydrogens (tertiary/aromatic N) is 1. The Morgan fingerprint density at radius 1 is 1.25 bits per heavy atom. The number of rotatable bonds is 3. The minimum Gasteiger partial charge on any atom is -0.380 e. The van der Waals surface area contributed by atoms with Crippen molar-refractivity contribution in [3.63, 3.8) is 0 Å². The van der Waals surface area contributed by atoms with Crippen molar-refractivity contribution in [2.45, 2.75) is 27.3 Å². The topological polar surface area (TPSA) is 24.9 Å². The average Bonchev–Trinajstić information content (AvgIpc) is 2.67. The van der Waals surface area contributed by atoms with E-state index in [0.717, 1.165) is 12.2 Å². The Hall–Kier alpha value is -1.35. The predicted octanol–water partition coefficient (Wildman–Crippen LogP) is 3.68. The molecule has 1 N–H and O–H groups in total. The summed E-state index contributed by atoms with van der Waals surface area (Å²) in [5, 5.41) is 3.47. The quantitative estimate of drug-likeness (QED) is 0.873. The van der Waals surface area contributed by atoms with E-state index in [1.165, 1.54) is 21.7 Å². The van der Waals surface area contributed by atoms with Crippen LogP contribution in [0.15, 0.2) is 23.7 Å². The number of benzene rings is 1. The van der Waals surface area contributed by atoms with Gasteiger partial charge in [-0.3, -0.25) is 0 Å². The van der Waals surface area contributed by atoms with Crippen molar-refractivity contribution in [1.82, 2.24) is 4.98 Å². The zero-order valence-electron chi connectivity index (χ0n) is 9.87. The van der Waals surface area contributed by atoms with Gasteiger partial charge in [-0.05, 0) is 38.0 Å². The highest BCUT2D eigenvalue weighted by molar-refractivity contribution is 7.09. The standard InChI is InChI=1S/C13H16N2S/c1-9-5-4-6-12(10(9)2)14-7-13-11(3)15-8-16-13/h4-6,8,14H,7H2,1-3H3. The first-order chi connectivity index (χ1) is 7.68. The van der Waals surface area contributed by atoms with E-state index in [4.69, 9.17) is 0 Å². The third kappa shape index (κ3) is 2.25. The Labute approximate surface area is 100 Å². The minimum absolute atomic E-state index is 0.862. The molecule has 1 heterocycles. The first kappa shape index (κ1) is 11.1. The van der Waals surface area contributed by atoms with Crippen LogP contribution in [0, 0.1) is 20.8 Å². The number of aryl methyl sites for hydroxylation is 2. The van der Waals surface area contributed by atoms with E-state index in [9.17, 15) is 0 Å². The molecule has 0 aliphatic rings. The van der Waals surface area contributed by atoms with Gasteiger partial charge < -0.3 is 5.32 Å². The number of hydrogen-bond donors (Lipinski definition) is 1. The van der Waals surface area contributed by atoms with Gasteiger partial charge in [0.1, 0.15) is 0 Å². The summed E-state index contributed by atoms with van der Waals surface area (Å²) in [5.41, 5.74) is 6.89. The Kier molecular flexibility index (Phi) is 3.25. The van der Waals surface area contributed by atoms with Crippen LogP contribution in [0.4, 0.5) is 5.69 Å². The fraction of sp³-hybridized carbons (Fsp3) is 0.308. The lowest BCUT2D eigenvalue weighted by Crippen LogP contribution is -2.01. The molecule has 0 radical (unpaired) electrons. The number of nitrogens with one attached hydrogen (secondary N) is 1. The Morgan fingerprint density at radius 3 is 2.75 bits per heavy atom. The number of aromatic nitrogens is 1. The average molecular weight is 232 g/mol. The van der Waals surface area contributed by atoms with Crippen LogP contribution < -0.4 is 5.32 Å². The molecule has 2 rings (SSSR count). The predicted molar refractivity (Wildman–Crippen MR) is 70.1 cm³/mol. The Balaban J connectivity index is 2.11. The molecule has 0 bridgehead atoms. The van der Waals surface area contributed by atoms with Gasteiger partial charge in [-0.15, -0.1) is 11.3 Å². The summed E-state index contributed by atoms with van der Waals surface area (Å²) < 4.78 is 0. The van der Waals surface area contributed by atoms with Crippen LogP contribution in [0.1, 0.15) is 21.7 Å². The monoisotopic (exact) mass is 232 g/mol. The van der Waals surface area contributed by atoms with E-state index in [-0.39, 0.29) is 0 Å². The molecule has 0 aliphatic carbocycles. The molecule has 0 spiro atoms. The molecule has 0 atom stereocenters. The zero-order chi connectivity index (χ0) is 11.5. The highest BCUT2D eigenvalue weighted by Gasteiger charge is 2.03. The van der Waals surface area contributed by atoms with Crippen LogP contribution in [-0.2, 0) is 6.54 Å². The second kappa shape index (κ2) is 4.66. The number of thiazole rings is 1. The fourth-order valence-electron chi connectivity index (χ4n) is 1.61. The molecule has 2 aromatic rings. The van der Waals surface area contributed by atoms with Crippen molar-refractivity contribution in [3.8, 4) is 0 Å². The molecule has 1 aromatic carbocycles. The van der Waals surface area contributed by atoms with Gasteiger partial charge >= 0.3 is 0 Å². The lowest BCUT2D eigenvalue weighted by Gasteiger charge is -2.10. The van der Waals surface area contributed by atoms with Crippen LogP contribution in [0.25, 0.3) is 0 Å². The number of anilines is 1. The smallest absolute Gasteiger partial charge is 0.0798 e. The van der Waals surface area contributed by atoms with Crippen molar-refractivity contribution >= 4 is 17.0 Å². The third-order valence-corrected chi connectivity index (χ3v) is 3.82. The highest BCUT2D eigenvalue weighted by atomic mass is 32.1. The van der Waals surface area contributed by atoms with E-state index in [2.05, 4.69) is 49.3 Å². The van der Waals surface area contributed by atoms with E-state index < -0.39 is 0 Å². The molecule has 0 amide bonds. The zero-order valence-corrected chi connectivity index (χ0v) is 10.7. The van der Waals surface area contributed by atoms with Gasteiger partial charge in [-0.2, -0.15) is 0 Å². The third-order valence-electron chi connectivity index (χ3n) is 2.89. The van der Waals surface area contributed by atoms with Gasteiger partial charge in [0.2, 0.25) is 0 Å². The van der Waals surface area contributed by atoms with Crippen LogP contribution in [0.2, 0.25) is 0 Å². The first-order valence-electron chi connectivity index (χ1n) is 5.37. The lowest BCUT2D eigenvalue weighted by molar-refractivity contribution is 1.11. The van der Waals surface area contributed by atoms with Crippen LogP contribution in [0.5, 0.6) is 0 Å². The molecule has 0 unspecified atom stereocenters. The van der Waals surface area contributed by atoms with Crippen LogP contribution in [0.3, 0.4) is 0 Å². The van der Waals surface area contributed by atoms with E-state index in [1.807, 2.05) is 5.51 Å². The molecule has 0 aliphatic heterocycles. The molecule has 2 nitrogen and oxygen atoms in total. The maximum atomic E-state index is 4.25. The molecule has 1 aromatic heterocycles. The summed E-state index contributed by atoms with van der Waals surface area (Å²) >= 11 is 1.71. The summed E-state index contributed by atoms with van der Waals surface area (Å²) in [6, 6.07) is 6.35. The fourth-order valence-corrected chi connectivity index (χ4v) is 2.33. The lowest BCUT2D eigenvalue weighted by atomic mass is 10.1. The summed E-state index contributed by atoms with van der Waals surface area (Å²) in [7, 11) is 0. The van der Waals surface area contributed by atoms with Gasteiger partial charge in [0.15, 0.2) is 0 Å². The van der Waals surface area contributed by atoms with Gasteiger partial charge in [0.25, 0.3) is 0 Å². The van der Waals surface area contributed by atoms with Crippen molar-refractivity contribution in [3.05, 3.63) is 45.4 Å². The largest absolute Gasteiger partial charge is 0.380 e. The normalized spacial score (nSPS) is 10.4. The molecule has 3 heteroatoms. The molecule has 16 heavy (non-hydrogen) atoms. The maximum Gasteiger partial charge on any atom is 0.0798 e. The second-order valence-corrected chi connectivity index (χ2v) is 4.90. The number of hydrogen-bond acceptors (Lipinski definition) is 3. The summed E-state index contributed by atoms with van der Waals surface area (Å²) in [6.45, 7) is 7.20. The van der Waals surface area contributed by atoms with Gasteiger partial charge in [-0.1, -0.05) is 12.1 Å². The highest BCUT2D eigenvalue weighted by Crippen LogP contribution is 2.20. The second-order valence-electron chi connectivity index (χ2n) is 3.96. The van der Waals surface area contributed by atoms with Crippen LogP contribution >= 0.6 is 11.3 Å². The Bertz CT molecular complexity index is 488. The molecule has 0 saturated carbocycles. The Morgan fingerprint density at radius 2 is 2.06 bits per heavy atom. The summed E-state index contributed by atoms with van der Waals surface area (Å²) in [6.07, 6.45) is 0. The van der Waals surface area contributed by atoms with Gasteiger partial charge in [0.05, 0.1) is 17.7 Å². The molecular formula is C13H16N2S. The van der Waals surface area contributed by atoms with E-state index in [1.54, 1.807) is 11.3 Å². The summed E-state index contributed by atoms with van der Waals surface area (Å²) in [5.74, 6) is 0. The first-order valence-corrected chi connectivity index (χ1v) is 6.25. The van der Waals surface area contributed by atoms with Crippen molar-refractivity contribution in [1.29, 1.82) is 0 Å². The maximum absolute atomic E-state index is 4.25. The van der Waals surface area contributed by atoms with Gasteiger partial charge in [-0.25, -0.2) is 4.98 Å². The van der Waals surface area contributed by atoms with Crippen molar-refractivity contribution in [2.75, 3.05) is 5.32 Å². The van der Waals surface area contributed by atoms with Gasteiger partial charge in [0, 0.05) is 10.6 Å². The minimum atomic E-state index is 0.862. The van der Waals surface area contributed by atoms with E-state index >= 15 is 0 Å². The molecule has 0 fully saturated rings. The molecule has 84 valence electrons. The molecular weight excluding hydrogens is 216 g/mol. The SMILES string of the molecule is Cc1cccc(NCc2scnc2C)c1C.